The summed E-state index contributed by atoms with van der Waals surface area (Å²) in [6, 6.07) is 3.37. The highest BCUT2D eigenvalue weighted by Crippen LogP contribution is 2.25. The number of carbonyl (C=O) groups excluding carboxylic acids is 1. The molecule has 8 heteroatoms. The molecule has 2 N–H and O–H groups in total. The van der Waals surface area contributed by atoms with E-state index in [9.17, 15) is 22.8 Å². The second kappa shape index (κ2) is 5.81. The van der Waals surface area contributed by atoms with Gasteiger partial charge >= 0.3 is 18.1 Å². The number of benzene rings is 1. The van der Waals surface area contributed by atoms with E-state index in [-0.39, 0.29) is 11.9 Å². The molecule has 0 aliphatic rings. The molecule has 1 rings (SSSR count). The molecule has 5 nitrogen and oxygen atoms in total. The van der Waals surface area contributed by atoms with Gasteiger partial charge in [0.15, 0.2) is 0 Å². The van der Waals surface area contributed by atoms with Gasteiger partial charge in [-0.2, -0.15) is 13.2 Å². The summed E-state index contributed by atoms with van der Waals surface area (Å²) in [5.74, 6) is -3.53. The molecule has 0 unspecified atom stereocenters. The Morgan fingerprint density at radius 2 is 1.90 bits per heavy atom. The summed E-state index contributed by atoms with van der Waals surface area (Å²) in [7, 11) is 0. The van der Waals surface area contributed by atoms with Crippen molar-refractivity contribution in [3.05, 3.63) is 23.8 Å². The largest absolute Gasteiger partial charge is 0.491 e. The van der Waals surface area contributed by atoms with Crippen LogP contribution in [-0.4, -0.2) is 29.3 Å². The van der Waals surface area contributed by atoms with E-state index in [1.54, 1.807) is 13.8 Å². The van der Waals surface area contributed by atoms with E-state index in [0.29, 0.717) is 0 Å². The highest BCUT2D eigenvalue weighted by molar-refractivity contribution is 6.02. The average molecular weight is 291 g/mol. The van der Waals surface area contributed by atoms with Gasteiger partial charge < -0.3 is 15.2 Å². The Bertz CT molecular complexity index is 526. The zero-order valence-corrected chi connectivity index (χ0v) is 10.6. The monoisotopic (exact) mass is 291 g/mol. The van der Waals surface area contributed by atoms with Crippen LogP contribution in [0.1, 0.15) is 24.2 Å². The number of amides is 1. The van der Waals surface area contributed by atoms with E-state index in [4.69, 9.17) is 9.84 Å². The molecule has 0 atom stereocenters. The number of carbonyl (C=O) groups is 2. The van der Waals surface area contributed by atoms with E-state index in [0.717, 1.165) is 12.1 Å². The van der Waals surface area contributed by atoms with Gasteiger partial charge in [0.2, 0.25) is 0 Å². The Morgan fingerprint density at radius 3 is 2.35 bits per heavy atom. The zero-order chi connectivity index (χ0) is 15.5. The Hall–Kier alpha value is -2.25. The SMILES string of the molecule is CC(C)Oc1ccc(NC(=O)C(F)(F)F)c(C(=O)O)c1. The minimum atomic E-state index is -5.09. The molecule has 20 heavy (non-hydrogen) atoms. The molecule has 0 heterocycles. The van der Waals surface area contributed by atoms with Crippen LogP contribution in [0.2, 0.25) is 0 Å². The second-order valence-corrected chi connectivity index (χ2v) is 4.13. The summed E-state index contributed by atoms with van der Waals surface area (Å²) >= 11 is 0. The lowest BCUT2D eigenvalue weighted by molar-refractivity contribution is -0.167. The van der Waals surface area contributed by atoms with E-state index < -0.39 is 29.3 Å². The normalized spacial score (nSPS) is 11.3. The van der Waals surface area contributed by atoms with E-state index in [1.807, 2.05) is 0 Å². The van der Waals surface area contributed by atoms with Crippen LogP contribution in [0.4, 0.5) is 18.9 Å². The van der Waals surface area contributed by atoms with Crippen LogP contribution in [-0.2, 0) is 4.79 Å². The fourth-order valence-electron chi connectivity index (χ4n) is 1.35. The minimum absolute atomic E-state index is 0.183. The maximum absolute atomic E-state index is 12.1. The van der Waals surface area contributed by atoms with Crippen molar-refractivity contribution in [2.75, 3.05) is 5.32 Å². The fraction of sp³-hybridized carbons (Fsp3) is 0.333. The lowest BCUT2D eigenvalue weighted by Crippen LogP contribution is -2.30. The van der Waals surface area contributed by atoms with Gasteiger partial charge in [-0.05, 0) is 32.0 Å². The number of hydrogen-bond donors (Lipinski definition) is 2. The van der Waals surface area contributed by atoms with E-state index in [1.165, 1.54) is 11.4 Å². The van der Waals surface area contributed by atoms with Gasteiger partial charge in [-0.3, -0.25) is 4.79 Å². The molecule has 0 saturated carbocycles. The molecular formula is C12H12F3NO4. The van der Waals surface area contributed by atoms with Crippen LogP contribution in [0.25, 0.3) is 0 Å². The molecule has 0 spiro atoms. The van der Waals surface area contributed by atoms with Crippen molar-refractivity contribution in [3.8, 4) is 5.75 Å². The van der Waals surface area contributed by atoms with Gasteiger partial charge in [0.1, 0.15) is 5.75 Å². The second-order valence-electron chi connectivity index (χ2n) is 4.13. The lowest BCUT2D eigenvalue weighted by Gasteiger charge is -2.14. The van der Waals surface area contributed by atoms with Gasteiger partial charge in [-0.1, -0.05) is 0 Å². The number of rotatable bonds is 4. The average Bonchev–Trinajstić information content (AvgIpc) is 2.28. The van der Waals surface area contributed by atoms with Crippen LogP contribution in [0.15, 0.2) is 18.2 Å². The number of carboxylic acid groups (broad SMARTS) is 1. The van der Waals surface area contributed by atoms with Crippen molar-refractivity contribution in [3.63, 3.8) is 0 Å². The maximum Gasteiger partial charge on any atom is 0.471 e. The molecule has 1 aromatic rings. The van der Waals surface area contributed by atoms with Gasteiger partial charge in [0, 0.05) is 0 Å². The van der Waals surface area contributed by atoms with Gasteiger partial charge in [0.05, 0.1) is 17.4 Å². The lowest BCUT2D eigenvalue weighted by atomic mass is 10.1. The van der Waals surface area contributed by atoms with Crippen LogP contribution in [0.3, 0.4) is 0 Å². The number of ether oxygens (including phenoxy) is 1. The molecule has 0 saturated heterocycles. The first-order valence-corrected chi connectivity index (χ1v) is 5.53. The summed E-state index contributed by atoms with van der Waals surface area (Å²) in [6.45, 7) is 3.42. The Labute approximate surface area is 112 Å². The molecule has 0 aliphatic heterocycles. The predicted molar refractivity (Wildman–Crippen MR) is 63.9 cm³/mol. The molecule has 0 fully saturated rings. The Morgan fingerprint density at radius 1 is 1.30 bits per heavy atom. The van der Waals surface area contributed by atoms with Crippen LogP contribution in [0, 0.1) is 0 Å². The van der Waals surface area contributed by atoms with Crippen molar-refractivity contribution in [1.29, 1.82) is 0 Å². The molecule has 0 aromatic heterocycles. The summed E-state index contributed by atoms with van der Waals surface area (Å²) in [4.78, 5) is 21.8. The quantitative estimate of drug-likeness (QED) is 0.894. The van der Waals surface area contributed by atoms with Crippen molar-refractivity contribution in [1.82, 2.24) is 0 Å². The molecule has 1 aromatic carbocycles. The van der Waals surface area contributed by atoms with E-state index in [2.05, 4.69) is 0 Å². The topological polar surface area (TPSA) is 75.6 Å². The number of halogens is 3. The van der Waals surface area contributed by atoms with Crippen molar-refractivity contribution in [2.24, 2.45) is 0 Å². The van der Waals surface area contributed by atoms with Gasteiger partial charge in [-0.15, -0.1) is 0 Å². The first-order chi connectivity index (χ1) is 9.11. The van der Waals surface area contributed by atoms with Crippen molar-refractivity contribution in [2.45, 2.75) is 26.1 Å². The van der Waals surface area contributed by atoms with Crippen molar-refractivity contribution >= 4 is 17.6 Å². The number of carboxylic acids is 1. The third-order valence-corrected chi connectivity index (χ3v) is 2.10. The number of anilines is 1. The summed E-state index contributed by atoms with van der Waals surface area (Å²) in [5.41, 5.74) is -0.934. The van der Waals surface area contributed by atoms with Crippen LogP contribution in [0.5, 0.6) is 5.75 Å². The van der Waals surface area contributed by atoms with Crippen LogP contribution >= 0.6 is 0 Å². The third-order valence-electron chi connectivity index (χ3n) is 2.10. The van der Waals surface area contributed by atoms with Gasteiger partial charge in [0.25, 0.3) is 0 Å². The first kappa shape index (κ1) is 15.8. The Kier molecular flexibility index (Phi) is 4.59. The van der Waals surface area contributed by atoms with E-state index >= 15 is 0 Å². The maximum atomic E-state index is 12.1. The van der Waals surface area contributed by atoms with Crippen molar-refractivity contribution < 1.29 is 32.6 Å². The molecular weight excluding hydrogens is 279 g/mol. The number of alkyl halides is 3. The number of hydrogen-bond acceptors (Lipinski definition) is 3. The molecule has 0 bridgehead atoms. The molecule has 1 amide bonds. The molecule has 0 aliphatic carbocycles. The first-order valence-electron chi connectivity index (χ1n) is 5.53. The fourth-order valence-corrected chi connectivity index (χ4v) is 1.35. The Balaban J connectivity index is 3.08. The minimum Gasteiger partial charge on any atom is -0.491 e. The summed E-state index contributed by atoms with van der Waals surface area (Å²) in [5, 5.41) is 10.5. The van der Waals surface area contributed by atoms with Gasteiger partial charge in [-0.25, -0.2) is 4.79 Å². The smallest absolute Gasteiger partial charge is 0.471 e. The highest BCUT2D eigenvalue weighted by Gasteiger charge is 2.39. The summed E-state index contributed by atoms with van der Waals surface area (Å²) < 4.78 is 41.6. The highest BCUT2D eigenvalue weighted by atomic mass is 19.4. The standard InChI is InChI=1S/C12H12F3NO4/c1-6(2)20-7-3-4-9(8(5-7)10(17)18)16-11(19)12(13,14)15/h3-6H,1-2H3,(H,16,19)(H,17,18). The number of aromatic carboxylic acids is 1. The zero-order valence-electron chi connectivity index (χ0n) is 10.6. The summed E-state index contributed by atoms with van der Waals surface area (Å²) in [6.07, 6.45) is -5.32. The third kappa shape index (κ3) is 4.15. The molecule has 110 valence electrons. The predicted octanol–water partition coefficient (Wildman–Crippen LogP) is 2.67. The van der Waals surface area contributed by atoms with Crippen LogP contribution < -0.4 is 10.1 Å². The number of nitrogens with one attached hydrogen (secondary N) is 1. The molecule has 0 radical (unpaired) electrons.